The summed E-state index contributed by atoms with van der Waals surface area (Å²) < 4.78 is 9.98. The number of carbonyl (C=O) groups is 2. The van der Waals surface area contributed by atoms with Crippen molar-refractivity contribution in [2.24, 2.45) is 21.7 Å². The molecule has 22 heavy (non-hydrogen) atoms. The van der Waals surface area contributed by atoms with E-state index in [1.807, 2.05) is 13.8 Å². The molecule has 2 fully saturated rings. The van der Waals surface area contributed by atoms with Gasteiger partial charge < -0.3 is 9.47 Å². The Bertz CT molecular complexity index is 442. The van der Waals surface area contributed by atoms with Gasteiger partial charge in [0, 0.05) is 5.41 Å². The van der Waals surface area contributed by atoms with E-state index in [9.17, 15) is 9.59 Å². The molecule has 0 spiro atoms. The van der Waals surface area contributed by atoms with E-state index in [1.54, 1.807) is 0 Å². The molecule has 0 saturated carbocycles. The number of hydrogen-bond donors (Lipinski definition) is 0. The van der Waals surface area contributed by atoms with Gasteiger partial charge in [0.25, 0.3) is 0 Å². The molecule has 2 heterocycles. The number of cyclic esters (lactones) is 2. The Balaban J connectivity index is 0.000000220. The molecule has 0 atom stereocenters. The highest BCUT2D eigenvalue weighted by molar-refractivity contribution is 5.77. The van der Waals surface area contributed by atoms with Crippen LogP contribution in [0.15, 0.2) is 0 Å². The Morgan fingerprint density at radius 3 is 1.68 bits per heavy atom. The summed E-state index contributed by atoms with van der Waals surface area (Å²) in [5.74, 6) is -0.122. The van der Waals surface area contributed by atoms with Gasteiger partial charge in [0.1, 0.15) is 0 Å². The third-order valence-electron chi connectivity index (χ3n) is 6.17. The second-order valence-electron chi connectivity index (χ2n) is 9.00. The molecule has 0 aliphatic carbocycles. The molecular formula is C18H32O4. The number of carbonyl (C=O) groups excluding carboxylic acids is 2. The van der Waals surface area contributed by atoms with Crippen LogP contribution in [0, 0.1) is 21.7 Å². The van der Waals surface area contributed by atoms with Crippen LogP contribution in [0.2, 0.25) is 0 Å². The predicted molar refractivity (Wildman–Crippen MR) is 86.3 cm³/mol. The van der Waals surface area contributed by atoms with Gasteiger partial charge in [-0.2, -0.15) is 0 Å². The zero-order valence-electron chi connectivity index (χ0n) is 15.5. The lowest BCUT2D eigenvalue weighted by Crippen LogP contribution is -2.45. The summed E-state index contributed by atoms with van der Waals surface area (Å²) in [5, 5.41) is 0. The molecule has 2 saturated heterocycles. The first-order valence-corrected chi connectivity index (χ1v) is 8.06. The normalized spacial score (nSPS) is 27.8. The third-order valence-corrected chi connectivity index (χ3v) is 6.17. The van der Waals surface area contributed by atoms with E-state index < -0.39 is 0 Å². The minimum atomic E-state index is -0.328. The van der Waals surface area contributed by atoms with E-state index in [1.165, 1.54) is 0 Å². The van der Waals surface area contributed by atoms with Crippen LogP contribution in [0.5, 0.6) is 0 Å². The summed E-state index contributed by atoms with van der Waals surface area (Å²) in [6.07, 6.45) is 1.51. The highest BCUT2D eigenvalue weighted by atomic mass is 16.5. The van der Waals surface area contributed by atoms with Crippen LogP contribution < -0.4 is 0 Å². The quantitative estimate of drug-likeness (QED) is 0.635. The van der Waals surface area contributed by atoms with Gasteiger partial charge in [-0.05, 0) is 31.1 Å². The van der Waals surface area contributed by atoms with Crippen molar-refractivity contribution >= 4 is 11.9 Å². The average molecular weight is 312 g/mol. The molecule has 2 aliphatic heterocycles. The number of hydrogen-bond acceptors (Lipinski definition) is 4. The van der Waals surface area contributed by atoms with E-state index in [0.717, 1.165) is 6.42 Å². The van der Waals surface area contributed by atoms with Crippen molar-refractivity contribution in [3.05, 3.63) is 0 Å². The zero-order chi connectivity index (χ0) is 17.4. The average Bonchev–Trinajstić information content (AvgIpc) is 2.33. The Morgan fingerprint density at radius 2 is 1.32 bits per heavy atom. The first-order chi connectivity index (χ1) is 9.73. The number of esters is 2. The minimum absolute atomic E-state index is 0.0608. The summed E-state index contributed by atoms with van der Waals surface area (Å²) >= 11 is 0. The van der Waals surface area contributed by atoms with Crippen LogP contribution in [0.3, 0.4) is 0 Å². The van der Waals surface area contributed by atoms with Gasteiger partial charge in [0.05, 0.1) is 25.0 Å². The van der Waals surface area contributed by atoms with Crippen LogP contribution in [0.4, 0.5) is 0 Å². The lowest BCUT2D eigenvalue weighted by Gasteiger charge is -2.44. The topological polar surface area (TPSA) is 52.6 Å². The van der Waals surface area contributed by atoms with Crippen LogP contribution in [0.1, 0.15) is 68.2 Å². The molecule has 0 aromatic rings. The van der Waals surface area contributed by atoms with Gasteiger partial charge in [-0.3, -0.25) is 9.59 Å². The highest BCUT2D eigenvalue weighted by Crippen LogP contribution is 2.45. The Morgan fingerprint density at radius 1 is 0.773 bits per heavy atom. The van der Waals surface area contributed by atoms with Crippen LogP contribution >= 0.6 is 0 Å². The molecule has 2 aliphatic rings. The molecule has 0 N–H and O–H groups in total. The molecule has 4 heteroatoms. The molecule has 2 rings (SSSR count). The fourth-order valence-electron chi connectivity index (χ4n) is 2.28. The van der Waals surface area contributed by atoms with E-state index in [4.69, 9.17) is 9.47 Å². The maximum atomic E-state index is 11.3. The maximum absolute atomic E-state index is 11.3. The van der Waals surface area contributed by atoms with Crippen molar-refractivity contribution in [3.63, 3.8) is 0 Å². The Hall–Kier alpha value is -1.06. The van der Waals surface area contributed by atoms with Crippen LogP contribution in [0.25, 0.3) is 0 Å². The summed E-state index contributed by atoms with van der Waals surface area (Å²) in [6, 6.07) is 0. The van der Waals surface area contributed by atoms with Gasteiger partial charge in [0.2, 0.25) is 0 Å². The second-order valence-corrected chi connectivity index (χ2v) is 9.00. The smallest absolute Gasteiger partial charge is 0.312 e. The van der Waals surface area contributed by atoms with Crippen molar-refractivity contribution in [1.29, 1.82) is 0 Å². The molecule has 0 aromatic heterocycles. The predicted octanol–water partition coefficient (Wildman–Crippen LogP) is 3.97. The van der Waals surface area contributed by atoms with E-state index in [0.29, 0.717) is 19.6 Å². The molecule has 0 unspecified atom stereocenters. The fraction of sp³-hybridized carbons (Fsp3) is 0.889. The number of ether oxygens (including phenoxy) is 2. The summed E-state index contributed by atoms with van der Waals surface area (Å²) in [7, 11) is 0. The van der Waals surface area contributed by atoms with Gasteiger partial charge in [-0.15, -0.1) is 0 Å². The molecule has 0 amide bonds. The molecule has 128 valence electrons. The van der Waals surface area contributed by atoms with Crippen LogP contribution in [-0.2, 0) is 19.1 Å². The summed E-state index contributed by atoms with van der Waals surface area (Å²) in [4.78, 5) is 22.3. The van der Waals surface area contributed by atoms with Gasteiger partial charge >= 0.3 is 11.9 Å². The van der Waals surface area contributed by atoms with Crippen molar-refractivity contribution in [2.45, 2.75) is 68.2 Å². The fourth-order valence-corrected chi connectivity index (χ4v) is 2.28. The Kier molecular flexibility index (Phi) is 5.06. The van der Waals surface area contributed by atoms with E-state index in [2.05, 4.69) is 41.5 Å². The maximum Gasteiger partial charge on any atom is 0.312 e. The lowest BCUT2D eigenvalue weighted by molar-refractivity contribution is -0.171. The lowest BCUT2D eigenvalue weighted by atomic mass is 9.65. The van der Waals surface area contributed by atoms with Gasteiger partial charge in [0.15, 0.2) is 0 Å². The monoisotopic (exact) mass is 312 g/mol. The molecule has 0 aromatic carbocycles. The van der Waals surface area contributed by atoms with E-state index >= 15 is 0 Å². The first-order valence-electron chi connectivity index (χ1n) is 8.06. The summed E-state index contributed by atoms with van der Waals surface area (Å²) in [6.45, 7) is 17.8. The van der Waals surface area contributed by atoms with Crippen molar-refractivity contribution in [2.75, 3.05) is 13.2 Å². The van der Waals surface area contributed by atoms with Crippen molar-refractivity contribution in [3.8, 4) is 0 Å². The Labute approximate surface area is 134 Å². The van der Waals surface area contributed by atoms with Gasteiger partial charge in [-0.1, -0.05) is 41.5 Å². The zero-order valence-corrected chi connectivity index (χ0v) is 15.5. The molecule has 4 nitrogen and oxygen atoms in total. The standard InChI is InChI=1S/2C9H16O2/c1-8(2)5-7(10)11-6-9(8,3)4;1-8(2)5-6-11-7(10)9(8,3)4/h2*5-6H2,1-4H3. The highest BCUT2D eigenvalue weighted by Gasteiger charge is 2.47. The third kappa shape index (κ3) is 3.64. The van der Waals surface area contributed by atoms with Crippen molar-refractivity contribution in [1.82, 2.24) is 0 Å². The first kappa shape index (κ1) is 19.0. The van der Waals surface area contributed by atoms with E-state index in [-0.39, 0.29) is 33.6 Å². The van der Waals surface area contributed by atoms with Crippen LogP contribution in [-0.4, -0.2) is 25.2 Å². The number of rotatable bonds is 0. The molecular weight excluding hydrogens is 280 g/mol. The summed E-state index contributed by atoms with van der Waals surface area (Å²) in [5.41, 5.74) is -0.0726. The van der Waals surface area contributed by atoms with Gasteiger partial charge in [-0.25, -0.2) is 0 Å². The second kappa shape index (κ2) is 5.86. The largest absolute Gasteiger partial charge is 0.465 e. The van der Waals surface area contributed by atoms with Crippen molar-refractivity contribution < 1.29 is 19.1 Å². The molecule has 0 bridgehead atoms. The molecule has 0 radical (unpaired) electrons. The SMILES string of the molecule is CC1(C)CCOC(=O)C1(C)C.CC1(C)COC(=O)CC1(C)C. The minimum Gasteiger partial charge on any atom is -0.465 e.